The zero-order valence-corrected chi connectivity index (χ0v) is 13.1. The summed E-state index contributed by atoms with van der Waals surface area (Å²) in [5.41, 5.74) is 5.92. The van der Waals surface area contributed by atoms with Gasteiger partial charge in [-0.05, 0) is 42.3 Å². The zero-order chi connectivity index (χ0) is 17.6. The lowest BCUT2D eigenvalue weighted by atomic mass is 10.1. The summed E-state index contributed by atoms with van der Waals surface area (Å²) in [4.78, 5) is 23.4. The van der Waals surface area contributed by atoms with E-state index in [1.54, 1.807) is 36.5 Å². The maximum Gasteiger partial charge on any atom is 0.431 e. The van der Waals surface area contributed by atoms with Crippen molar-refractivity contribution in [3.8, 4) is 5.75 Å². The first kappa shape index (κ1) is 16.4. The fourth-order valence-corrected chi connectivity index (χ4v) is 2.25. The van der Waals surface area contributed by atoms with E-state index in [9.17, 15) is 14.0 Å². The third-order valence-electron chi connectivity index (χ3n) is 3.46. The Labute approximate surface area is 142 Å². The summed E-state index contributed by atoms with van der Waals surface area (Å²) in [5.74, 6) is -0.443. The van der Waals surface area contributed by atoms with Gasteiger partial charge in [0, 0.05) is 11.8 Å². The Morgan fingerprint density at radius 3 is 2.88 bits per heavy atom. The van der Waals surface area contributed by atoms with Gasteiger partial charge >= 0.3 is 6.09 Å². The van der Waals surface area contributed by atoms with Crippen LogP contribution >= 0.6 is 0 Å². The van der Waals surface area contributed by atoms with E-state index in [4.69, 9.17) is 4.74 Å². The van der Waals surface area contributed by atoms with E-state index < -0.39 is 12.0 Å². The van der Waals surface area contributed by atoms with Crippen LogP contribution in [0.2, 0.25) is 0 Å². The third kappa shape index (κ3) is 4.54. The minimum Gasteiger partial charge on any atom is -0.409 e. The predicted octanol–water partition coefficient (Wildman–Crippen LogP) is 2.45. The monoisotopic (exact) mass is 342 g/mol. The van der Waals surface area contributed by atoms with Gasteiger partial charge in [-0.15, -0.1) is 0 Å². The Bertz CT molecular complexity index is 910. The summed E-state index contributed by atoms with van der Waals surface area (Å²) >= 11 is 0. The minimum atomic E-state index is -0.818. The number of hydrazine groups is 1. The molecule has 3 rings (SSSR count). The normalized spacial score (nSPS) is 10.4. The number of fused-ring (bicyclic) bond motifs is 1. The van der Waals surface area contributed by atoms with Gasteiger partial charge < -0.3 is 4.74 Å². The summed E-state index contributed by atoms with van der Waals surface area (Å²) in [7, 11) is 0. The van der Waals surface area contributed by atoms with Crippen LogP contribution in [0.4, 0.5) is 9.18 Å². The molecule has 0 aliphatic rings. The second kappa shape index (κ2) is 7.43. The number of aromatic amines is 1. The molecule has 1 aromatic heterocycles. The molecule has 7 nitrogen and oxygen atoms in total. The Hall–Kier alpha value is -3.42. The summed E-state index contributed by atoms with van der Waals surface area (Å²) in [6, 6.07) is 11.0. The highest BCUT2D eigenvalue weighted by Crippen LogP contribution is 2.18. The van der Waals surface area contributed by atoms with Crippen molar-refractivity contribution in [1.82, 2.24) is 21.0 Å². The smallest absolute Gasteiger partial charge is 0.409 e. The van der Waals surface area contributed by atoms with Gasteiger partial charge in [-0.1, -0.05) is 12.1 Å². The number of carbonyl (C=O) groups is 2. The van der Waals surface area contributed by atoms with Crippen molar-refractivity contribution < 1.29 is 18.7 Å². The fourth-order valence-electron chi connectivity index (χ4n) is 2.25. The van der Waals surface area contributed by atoms with Gasteiger partial charge in [-0.3, -0.25) is 15.3 Å². The number of carbonyl (C=O) groups excluding carboxylic acids is 2. The number of ether oxygens (including phenoxy) is 1. The molecular formula is C17H15FN4O3. The molecule has 0 aliphatic carbocycles. The van der Waals surface area contributed by atoms with Crippen molar-refractivity contribution in [3.63, 3.8) is 0 Å². The van der Waals surface area contributed by atoms with Crippen molar-refractivity contribution >= 4 is 22.9 Å². The Morgan fingerprint density at radius 1 is 1.16 bits per heavy atom. The van der Waals surface area contributed by atoms with Crippen LogP contribution in [0, 0.1) is 5.82 Å². The second-order valence-corrected chi connectivity index (χ2v) is 5.31. The second-order valence-electron chi connectivity index (χ2n) is 5.31. The van der Waals surface area contributed by atoms with Crippen molar-refractivity contribution in [2.45, 2.75) is 12.8 Å². The number of nitrogens with one attached hydrogen (secondary N) is 3. The number of benzene rings is 2. The first-order chi connectivity index (χ1) is 12.1. The number of H-pyrrole nitrogens is 1. The number of hydrogen-bond donors (Lipinski definition) is 3. The molecule has 3 aromatic rings. The standard InChI is InChI=1S/C17H15FN4O3/c18-13-3-1-2-11(8-13)4-7-16(23)21-22-17(24)25-14-5-6-15-12(9-14)10-19-20-15/h1-3,5-6,8-10H,4,7H2,(H,19,20)(H,21,23)(H,22,24). The largest absolute Gasteiger partial charge is 0.431 e. The van der Waals surface area contributed by atoms with Gasteiger partial charge in [-0.25, -0.2) is 14.6 Å². The lowest BCUT2D eigenvalue weighted by molar-refractivity contribution is -0.121. The van der Waals surface area contributed by atoms with Gasteiger partial charge in [0.15, 0.2) is 0 Å². The van der Waals surface area contributed by atoms with E-state index in [1.807, 2.05) is 0 Å². The first-order valence-electron chi connectivity index (χ1n) is 7.54. The van der Waals surface area contributed by atoms with Gasteiger partial charge in [0.25, 0.3) is 0 Å². The average Bonchev–Trinajstić information content (AvgIpc) is 3.06. The molecule has 0 fully saturated rings. The molecule has 128 valence electrons. The lowest BCUT2D eigenvalue weighted by Gasteiger charge is -2.08. The molecule has 1 heterocycles. The van der Waals surface area contributed by atoms with Crippen molar-refractivity contribution in [2.24, 2.45) is 0 Å². The molecule has 25 heavy (non-hydrogen) atoms. The van der Waals surface area contributed by atoms with Crippen LogP contribution in [-0.4, -0.2) is 22.2 Å². The number of hydrogen-bond acceptors (Lipinski definition) is 4. The molecule has 0 unspecified atom stereocenters. The highest BCUT2D eigenvalue weighted by Gasteiger charge is 2.08. The van der Waals surface area contributed by atoms with Gasteiger partial charge in [-0.2, -0.15) is 5.10 Å². The number of nitrogens with zero attached hydrogens (tertiary/aromatic N) is 1. The number of rotatable bonds is 4. The van der Waals surface area contributed by atoms with Crippen LogP contribution in [0.25, 0.3) is 10.9 Å². The predicted molar refractivity (Wildman–Crippen MR) is 88.1 cm³/mol. The van der Waals surface area contributed by atoms with Crippen LogP contribution in [0.1, 0.15) is 12.0 Å². The van der Waals surface area contributed by atoms with E-state index in [0.717, 1.165) is 10.9 Å². The first-order valence-corrected chi connectivity index (χ1v) is 7.54. The van der Waals surface area contributed by atoms with E-state index >= 15 is 0 Å². The molecule has 0 spiro atoms. The highest BCUT2D eigenvalue weighted by molar-refractivity contribution is 5.82. The third-order valence-corrected chi connectivity index (χ3v) is 3.46. The van der Waals surface area contributed by atoms with E-state index in [2.05, 4.69) is 21.0 Å². The van der Waals surface area contributed by atoms with Gasteiger partial charge in [0.05, 0.1) is 11.7 Å². The van der Waals surface area contributed by atoms with Crippen molar-refractivity contribution in [3.05, 3.63) is 60.0 Å². The summed E-state index contributed by atoms with van der Waals surface area (Å²) in [5, 5.41) is 7.45. The maximum absolute atomic E-state index is 13.0. The van der Waals surface area contributed by atoms with Crippen LogP contribution in [0.3, 0.4) is 0 Å². The van der Waals surface area contributed by atoms with Crippen LogP contribution < -0.4 is 15.6 Å². The van der Waals surface area contributed by atoms with Gasteiger partial charge in [0.1, 0.15) is 11.6 Å². The van der Waals surface area contributed by atoms with E-state index in [-0.39, 0.29) is 12.2 Å². The minimum absolute atomic E-state index is 0.102. The van der Waals surface area contributed by atoms with Gasteiger partial charge in [0.2, 0.25) is 5.91 Å². The van der Waals surface area contributed by atoms with Crippen LogP contribution in [0.5, 0.6) is 5.75 Å². The fraction of sp³-hybridized carbons (Fsp3) is 0.118. The quantitative estimate of drug-likeness (QED) is 0.635. The zero-order valence-electron chi connectivity index (χ0n) is 13.1. The SMILES string of the molecule is O=C(CCc1cccc(F)c1)NNC(=O)Oc1ccc2[nH]ncc2c1. The molecular weight excluding hydrogens is 327 g/mol. The molecule has 0 saturated carbocycles. The topological polar surface area (TPSA) is 96.1 Å². The Morgan fingerprint density at radius 2 is 2.04 bits per heavy atom. The number of aromatic nitrogens is 2. The number of aryl methyl sites for hydroxylation is 1. The van der Waals surface area contributed by atoms with E-state index in [1.165, 1.54) is 12.1 Å². The lowest BCUT2D eigenvalue weighted by Crippen LogP contribution is -2.43. The maximum atomic E-state index is 13.0. The summed E-state index contributed by atoms with van der Waals surface area (Å²) in [6.07, 6.45) is 1.25. The molecule has 0 aliphatic heterocycles. The molecule has 0 atom stereocenters. The molecule has 8 heteroatoms. The molecule has 0 bridgehead atoms. The average molecular weight is 342 g/mol. The summed E-state index contributed by atoms with van der Waals surface area (Å²) in [6.45, 7) is 0. The molecule has 2 amide bonds. The van der Waals surface area contributed by atoms with E-state index in [0.29, 0.717) is 17.7 Å². The number of amides is 2. The Kier molecular flexibility index (Phi) is 4.89. The summed E-state index contributed by atoms with van der Waals surface area (Å²) < 4.78 is 18.1. The number of halogens is 1. The molecule has 0 saturated heterocycles. The molecule has 0 radical (unpaired) electrons. The van der Waals surface area contributed by atoms with Crippen LogP contribution in [0.15, 0.2) is 48.7 Å². The van der Waals surface area contributed by atoms with Crippen molar-refractivity contribution in [1.29, 1.82) is 0 Å². The highest BCUT2D eigenvalue weighted by atomic mass is 19.1. The van der Waals surface area contributed by atoms with Crippen molar-refractivity contribution in [2.75, 3.05) is 0 Å². The molecule has 3 N–H and O–H groups in total. The molecule has 2 aromatic carbocycles. The Balaban J connectivity index is 1.44. The van der Waals surface area contributed by atoms with Crippen LogP contribution in [-0.2, 0) is 11.2 Å².